The molecule has 120 valence electrons. The van der Waals surface area contributed by atoms with Gasteiger partial charge in [0.25, 0.3) is 0 Å². The molecule has 0 saturated carbocycles. The van der Waals surface area contributed by atoms with Crippen LogP contribution in [0.4, 0.5) is 5.82 Å². The van der Waals surface area contributed by atoms with Gasteiger partial charge in [-0.15, -0.1) is 0 Å². The molecule has 0 aromatic carbocycles. The molecule has 0 N–H and O–H groups in total. The molecule has 0 aliphatic rings. The Morgan fingerprint density at radius 2 is 1.91 bits per heavy atom. The molecule has 1 unspecified atom stereocenters. The van der Waals surface area contributed by atoms with Crippen LogP contribution in [0.15, 0.2) is 18.3 Å². The van der Waals surface area contributed by atoms with Gasteiger partial charge in [0.05, 0.1) is 13.2 Å². The smallest absolute Gasteiger partial charge is 0.363 e. The number of hydrogen-bond acceptors (Lipinski definition) is 7. The van der Waals surface area contributed by atoms with Gasteiger partial charge in [0.1, 0.15) is 6.20 Å². The molecule has 1 heterocycles. The number of hydrogen-bond donors (Lipinski definition) is 0. The van der Waals surface area contributed by atoms with Gasteiger partial charge in [0.15, 0.2) is 5.92 Å². The molecule has 0 bridgehead atoms. The van der Waals surface area contributed by atoms with E-state index in [0.29, 0.717) is 0 Å². The number of pyridine rings is 1. The van der Waals surface area contributed by atoms with Gasteiger partial charge >= 0.3 is 17.8 Å². The molecule has 0 amide bonds. The molecule has 0 spiro atoms. The van der Waals surface area contributed by atoms with E-state index in [9.17, 15) is 19.7 Å². The summed E-state index contributed by atoms with van der Waals surface area (Å²) in [4.78, 5) is 37.6. The minimum atomic E-state index is -1.30. The van der Waals surface area contributed by atoms with Gasteiger partial charge in [-0.2, -0.15) is 0 Å². The molecular weight excluding hydrogens is 292 g/mol. The fourth-order valence-electron chi connectivity index (χ4n) is 1.60. The van der Waals surface area contributed by atoms with Gasteiger partial charge in [0, 0.05) is 11.6 Å². The van der Waals surface area contributed by atoms with E-state index in [1.54, 1.807) is 6.92 Å². The molecular formula is C14H18N2O6. The predicted molar refractivity (Wildman–Crippen MR) is 76.1 cm³/mol. The molecule has 8 heteroatoms. The summed E-state index contributed by atoms with van der Waals surface area (Å²) in [6.07, 6.45) is 1.11. The lowest BCUT2D eigenvalue weighted by atomic mass is 10.0. The third kappa shape index (κ3) is 4.80. The predicted octanol–water partition coefficient (Wildman–Crippen LogP) is 1.84. The van der Waals surface area contributed by atoms with Crippen molar-refractivity contribution in [2.75, 3.05) is 13.2 Å². The summed E-state index contributed by atoms with van der Waals surface area (Å²) in [6.45, 7) is 5.60. The first kappa shape index (κ1) is 17.5. The number of rotatable bonds is 7. The van der Waals surface area contributed by atoms with Gasteiger partial charge in [-0.05, 0) is 28.8 Å². The lowest BCUT2D eigenvalue weighted by Crippen LogP contribution is -2.27. The number of carbonyl (C=O) groups excluding carboxylic acids is 2. The Kier molecular flexibility index (Phi) is 6.43. The number of aromatic nitrogens is 1. The first-order valence-electron chi connectivity index (χ1n) is 6.80. The maximum absolute atomic E-state index is 12.1. The summed E-state index contributed by atoms with van der Waals surface area (Å²) in [6, 6.07) is 2.42. The van der Waals surface area contributed by atoms with Crippen molar-refractivity contribution in [2.24, 2.45) is 5.92 Å². The van der Waals surface area contributed by atoms with Crippen molar-refractivity contribution in [3.63, 3.8) is 0 Å². The number of esters is 2. The third-order valence-corrected chi connectivity index (χ3v) is 2.61. The van der Waals surface area contributed by atoms with Crippen molar-refractivity contribution in [3.8, 4) is 0 Å². The summed E-state index contributed by atoms with van der Waals surface area (Å²) >= 11 is 0. The fourth-order valence-corrected chi connectivity index (χ4v) is 1.60. The molecule has 0 fully saturated rings. The van der Waals surface area contributed by atoms with Crippen LogP contribution >= 0.6 is 0 Å². The standard InChI is InChI=1S/C14H18N2O6/c1-4-21-13(17)12(14(18)22-8-9(2)3)10-5-6-11(15-7-10)16(19)20/h5-7,9,12H,4,8H2,1-3H3. The van der Waals surface area contributed by atoms with E-state index in [-0.39, 0.29) is 30.5 Å². The minimum Gasteiger partial charge on any atom is -0.465 e. The lowest BCUT2D eigenvalue weighted by Gasteiger charge is -2.15. The van der Waals surface area contributed by atoms with Crippen molar-refractivity contribution >= 4 is 17.8 Å². The normalized spacial score (nSPS) is 11.8. The van der Waals surface area contributed by atoms with Crippen LogP contribution in [0, 0.1) is 16.0 Å². The average molecular weight is 310 g/mol. The van der Waals surface area contributed by atoms with Crippen LogP contribution in [0.25, 0.3) is 0 Å². The van der Waals surface area contributed by atoms with Crippen molar-refractivity contribution in [2.45, 2.75) is 26.7 Å². The van der Waals surface area contributed by atoms with Crippen LogP contribution < -0.4 is 0 Å². The highest BCUT2D eigenvalue weighted by atomic mass is 16.6. The maximum atomic E-state index is 12.1. The van der Waals surface area contributed by atoms with Crippen molar-refractivity contribution in [3.05, 3.63) is 34.0 Å². The van der Waals surface area contributed by atoms with Crippen molar-refractivity contribution < 1.29 is 24.0 Å². The highest BCUT2D eigenvalue weighted by Gasteiger charge is 2.33. The van der Waals surface area contributed by atoms with E-state index >= 15 is 0 Å². The Bertz CT molecular complexity index is 541. The van der Waals surface area contributed by atoms with Gasteiger partial charge < -0.3 is 19.6 Å². The van der Waals surface area contributed by atoms with E-state index < -0.39 is 22.8 Å². The van der Waals surface area contributed by atoms with E-state index in [2.05, 4.69) is 4.98 Å². The molecule has 1 rings (SSSR count). The zero-order valence-corrected chi connectivity index (χ0v) is 12.6. The zero-order valence-electron chi connectivity index (χ0n) is 12.6. The summed E-state index contributed by atoms with van der Waals surface area (Å²) in [5.41, 5.74) is 0.192. The molecule has 0 radical (unpaired) electrons. The van der Waals surface area contributed by atoms with E-state index in [1.165, 1.54) is 6.07 Å². The van der Waals surface area contributed by atoms with Crippen LogP contribution in [0.5, 0.6) is 0 Å². The van der Waals surface area contributed by atoms with Crippen LogP contribution in [-0.2, 0) is 19.1 Å². The van der Waals surface area contributed by atoms with E-state index in [0.717, 1.165) is 12.3 Å². The Hall–Kier alpha value is -2.51. The Labute approximate surface area is 127 Å². The second kappa shape index (κ2) is 8.06. The average Bonchev–Trinajstić information content (AvgIpc) is 2.46. The van der Waals surface area contributed by atoms with Gasteiger partial charge in [0.2, 0.25) is 0 Å². The second-order valence-corrected chi connectivity index (χ2v) is 4.92. The summed E-state index contributed by atoms with van der Waals surface area (Å²) in [5.74, 6) is -3.09. The van der Waals surface area contributed by atoms with E-state index in [1.807, 2.05) is 13.8 Å². The highest BCUT2D eigenvalue weighted by molar-refractivity contribution is 6.00. The summed E-state index contributed by atoms with van der Waals surface area (Å²) in [7, 11) is 0. The Balaban J connectivity index is 3.01. The van der Waals surface area contributed by atoms with Crippen LogP contribution in [0.3, 0.4) is 0 Å². The maximum Gasteiger partial charge on any atom is 0.363 e. The Morgan fingerprint density at radius 3 is 2.36 bits per heavy atom. The van der Waals surface area contributed by atoms with Crippen molar-refractivity contribution in [1.82, 2.24) is 4.98 Å². The first-order chi connectivity index (χ1) is 10.4. The molecule has 0 aliphatic carbocycles. The molecule has 1 aromatic rings. The molecule has 8 nitrogen and oxygen atoms in total. The number of nitro groups is 1. The monoisotopic (exact) mass is 310 g/mol. The first-order valence-corrected chi connectivity index (χ1v) is 6.80. The quantitative estimate of drug-likeness (QED) is 0.327. The second-order valence-electron chi connectivity index (χ2n) is 4.92. The van der Waals surface area contributed by atoms with Gasteiger partial charge in [-0.3, -0.25) is 9.59 Å². The third-order valence-electron chi connectivity index (χ3n) is 2.61. The largest absolute Gasteiger partial charge is 0.465 e. The van der Waals surface area contributed by atoms with Crippen molar-refractivity contribution in [1.29, 1.82) is 0 Å². The highest BCUT2D eigenvalue weighted by Crippen LogP contribution is 2.21. The number of nitrogens with zero attached hydrogens (tertiary/aromatic N) is 2. The minimum absolute atomic E-state index is 0.104. The Morgan fingerprint density at radius 1 is 1.27 bits per heavy atom. The summed E-state index contributed by atoms with van der Waals surface area (Å²) in [5, 5.41) is 10.6. The number of ether oxygens (including phenoxy) is 2. The zero-order chi connectivity index (χ0) is 16.7. The fraction of sp³-hybridized carbons (Fsp3) is 0.500. The van der Waals surface area contributed by atoms with Crippen LogP contribution in [0.1, 0.15) is 32.3 Å². The molecule has 22 heavy (non-hydrogen) atoms. The van der Waals surface area contributed by atoms with Crippen LogP contribution in [0.2, 0.25) is 0 Å². The van der Waals surface area contributed by atoms with Gasteiger partial charge in [-0.25, -0.2) is 0 Å². The molecule has 0 aliphatic heterocycles. The SMILES string of the molecule is CCOC(=O)C(C(=O)OCC(C)C)c1ccc([N+](=O)[O-])nc1. The van der Waals surface area contributed by atoms with Crippen LogP contribution in [-0.4, -0.2) is 35.1 Å². The molecule has 1 aromatic heterocycles. The lowest BCUT2D eigenvalue weighted by molar-refractivity contribution is -0.389. The molecule has 0 saturated heterocycles. The van der Waals surface area contributed by atoms with Gasteiger partial charge in [-0.1, -0.05) is 13.8 Å². The van der Waals surface area contributed by atoms with E-state index in [4.69, 9.17) is 9.47 Å². The summed E-state index contributed by atoms with van der Waals surface area (Å²) < 4.78 is 9.93. The number of carbonyl (C=O) groups is 2. The topological polar surface area (TPSA) is 109 Å². The molecule has 1 atom stereocenters.